The molecule has 1 unspecified atom stereocenters. The molecule has 4 nitrogen and oxygen atoms in total. The number of thiophene rings is 1. The van der Waals surface area contributed by atoms with Crippen LogP contribution in [0.5, 0.6) is 0 Å². The molecule has 94 valence electrons. The molecule has 0 radical (unpaired) electrons. The maximum absolute atomic E-state index is 8.71. The summed E-state index contributed by atoms with van der Waals surface area (Å²) < 4.78 is 1.17. The van der Waals surface area contributed by atoms with Gasteiger partial charge < -0.3 is 10.9 Å². The zero-order valence-corrected chi connectivity index (χ0v) is 11.9. The minimum Gasteiger partial charge on any atom is -0.409 e. The Hall–Kier alpha value is -0.590. The van der Waals surface area contributed by atoms with Gasteiger partial charge in [0.2, 0.25) is 0 Å². The summed E-state index contributed by atoms with van der Waals surface area (Å²) >= 11 is 5.31. The molecule has 1 atom stereocenters. The molecule has 0 spiro atoms. The van der Waals surface area contributed by atoms with Crippen molar-refractivity contribution in [3.63, 3.8) is 0 Å². The SMILES string of the molecule is NC(=NO)C1CCCN(Cc2sccc2Br)C1. The predicted octanol–water partition coefficient (Wildman–Crippen LogP) is 2.47. The number of hydrogen-bond acceptors (Lipinski definition) is 4. The number of piperidine rings is 1. The Morgan fingerprint density at radius 1 is 1.71 bits per heavy atom. The van der Waals surface area contributed by atoms with Crippen LogP contribution in [-0.4, -0.2) is 29.0 Å². The van der Waals surface area contributed by atoms with E-state index in [-0.39, 0.29) is 5.92 Å². The van der Waals surface area contributed by atoms with Crippen molar-refractivity contribution >= 4 is 33.1 Å². The van der Waals surface area contributed by atoms with Gasteiger partial charge in [0.15, 0.2) is 0 Å². The third-order valence-electron chi connectivity index (χ3n) is 3.10. The van der Waals surface area contributed by atoms with Crippen molar-refractivity contribution in [2.75, 3.05) is 13.1 Å². The van der Waals surface area contributed by atoms with Gasteiger partial charge in [0.25, 0.3) is 0 Å². The normalized spacial score (nSPS) is 22.9. The van der Waals surface area contributed by atoms with Crippen molar-refractivity contribution in [1.82, 2.24) is 4.90 Å². The summed E-state index contributed by atoms with van der Waals surface area (Å²) in [5, 5.41) is 13.9. The molecule has 1 aromatic heterocycles. The predicted molar refractivity (Wildman–Crippen MR) is 73.4 cm³/mol. The van der Waals surface area contributed by atoms with E-state index in [1.807, 2.05) is 0 Å². The first-order valence-electron chi connectivity index (χ1n) is 5.62. The van der Waals surface area contributed by atoms with Crippen molar-refractivity contribution in [1.29, 1.82) is 0 Å². The second kappa shape index (κ2) is 5.84. The maximum atomic E-state index is 8.71. The molecule has 0 aromatic carbocycles. The number of rotatable bonds is 3. The molecule has 2 rings (SSSR count). The Balaban J connectivity index is 1.96. The van der Waals surface area contributed by atoms with Crippen LogP contribution in [0, 0.1) is 5.92 Å². The average Bonchev–Trinajstić information content (AvgIpc) is 2.74. The number of halogens is 1. The first-order chi connectivity index (χ1) is 8.20. The standard InChI is InChI=1S/C11H16BrN3OS/c12-9-3-5-17-10(9)7-15-4-1-2-8(6-15)11(13)14-16/h3,5,8,16H,1-2,4,6-7H2,(H2,13,14). The lowest BCUT2D eigenvalue weighted by atomic mass is 9.97. The molecule has 2 heterocycles. The second-order valence-electron chi connectivity index (χ2n) is 4.29. The second-order valence-corrected chi connectivity index (χ2v) is 6.15. The molecule has 0 saturated carbocycles. The Kier molecular flexibility index (Phi) is 4.42. The first-order valence-corrected chi connectivity index (χ1v) is 7.29. The van der Waals surface area contributed by atoms with Crippen LogP contribution in [0.25, 0.3) is 0 Å². The van der Waals surface area contributed by atoms with E-state index in [1.54, 1.807) is 11.3 Å². The minimum atomic E-state index is 0.187. The fourth-order valence-corrected chi connectivity index (χ4v) is 3.68. The van der Waals surface area contributed by atoms with Crippen LogP contribution in [0.4, 0.5) is 0 Å². The zero-order chi connectivity index (χ0) is 12.3. The third-order valence-corrected chi connectivity index (χ3v) is 5.01. The van der Waals surface area contributed by atoms with Gasteiger partial charge in [0.05, 0.1) is 0 Å². The molecule has 1 saturated heterocycles. The van der Waals surface area contributed by atoms with Gasteiger partial charge in [0, 0.05) is 28.4 Å². The van der Waals surface area contributed by atoms with Gasteiger partial charge >= 0.3 is 0 Å². The van der Waals surface area contributed by atoms with Crippen LogP contribution >= 0.6 is 27.3 Å². The molecule has 0 amide bonds. The molecule has 6 heteroatoms. The molecular formula is C11H16BrN3OS. The number of nitrogens with two attached hydrogens (primary N) is 1. The van der Waals surface area contributed by atoms with Crippen molar-refractivity contribution in [2.45, 2.75) is 19.4 Å². The van der Waals surface area contributed by atoms with Crippen LogP contribution in [0.3, 0.4) is 0 Å². The summed E-state index contributed by atoms with van der Waals surface area (Å²) in [7, 11) is 0. The topological polar surface area (TPSA) is 61.9 Å². The van der Waals surface area contributed by atoms with Crippen molar-refractivity contribution in [3.05, 3.63) is 20.8 Å². The summed E-state index contributed by atoms with van der Waals surface area (Å²) in [4.78, 5) is 3.70. The van der Waals surface area contributed by atoms with Crippen LogP contribution < -0.4 is 5.73 Å². The number of oxime groups is 1. The van der Waals surface area contributed by atoms with Gasteiger partial charge in [-0.1, -0.05) is 5.16 Å². The Bertz CT molecular complexity index is 407. The van der Waals surface area contributed by atoms with E-state index in [2.05, 4.69) is 37.4 Å². The van der Waals surface area contributed by atoms with Gasteiger partial charge in [-0.15, -0.1) is 11.3 Å². The summed E-state index contributed by atoms with van der Waals surface area (Å²) in [5.74, 6) is 0.549. The Morgan fingerprint density at radius 2 is 2.53 bits per heavy atom. The van der Waals surface area contributed by atoms with Gasteiger partial charge in [-0.25, -0.2) is 0 Å². The highest BCUT2D eigenvalue weighted by Gasteiger charge is 2.23. The average molecular weight is 318 g/mol. The fraction of sp³-hybridized carbons (Fsp3) is 0.545. The van der Waals surface area contributed by atoms with Gasteiger partial charge in [-0.3, -0.25) is 4.90 Å². The quantitative estimate of drug-likeness (QED) is 0.389. The van der Waals surface area contributed by atoms with Crippen LogP contribution in [0.15, 0.2) is 21.1 Å². The highest BCUT2D eigenvalue weighted by Crippen LogP contribution is 2.26. The van der Waals surface area contributed by atoms with Crippen LogP contribution in [-0.2, 0) is 6.54 Å². The summed E-state index contributed by atoms with van der Waals surface area (Å²) in [6, 6.07) is 2.07. The van der Waals surface area contributed by atoms with E-state index < -0.39 is 0 Å². The first kappa shape index (κ1) is 12.9. The van der Waals surface area contributed by atoms with E-state index in [1.165, 1.54) is 9.35 Å². The molecule has 1 aromatic rings. The lowest BCUT2D eigenvalue weighted by Crippen LogP contribution is -2.40. The fourth-order valence-electron chi connectivity index (χ4n) is 2.16. The highest BCUT2D eigenvalue weighted by atomic mass is 79.9. The molecule has 0 bridgehead atoms. The van der Waals surface area contributed by atoms with Crippen molar-refractivity contribution in [2.24, 2.45) is 16.8 Å². The Labute approximate surface area is 113 Å². The van der Waals surface area contributed by atoms with Gasteiger partial charge in [0.1, 0.15) is 5.84 Å². The van der Waals surface area contributed by atoms with Crippen molar-refractivity contribution in [3.8, 4) is 0 Å². The molecule has 3 N–H and O–H groups in total. The van der Waals surface area contributed by atoms with Gasteiger partial charge in [-0.2, -0.15) is 0 Å². The third kappa shape index (κ3) is 3.20. The largest absolute Gasteiger partial charge is 0.409 e. The zero-order valence-electron chi connectivity index (χ0n) is 9.47. The van der Waals surface area contributed by atoms with Crippen LogP contribution in [0.2, 0.25) is 0 Å². The highest BCUT2D eigenvalue weighted by molar-refractivity contribution is 9.10. The molecule has 0 aliphatic carbocycles. The molecule has 1 aliphatic heterocycles. The summed E-state index contributed by atoms with van der Waals surface area (Å²) in [6.07, 6.45) is 2.11. The Morgan fingerprint density at radius 3 is 3.18 bits per heavy atom. The number of likely N-dealkylation sites (tertiary alicyclic amines) is 1. The monoisotopic (exact) mass is 317 g/mol. The van der Waals surface area contributed by atoms with Crippen LogP contribution in [0.1, 0.15) is 17.7 Å². The van der Waals surface area contributed by atoms with Crippen molar-refractivity contribution < 1.29 is 5.21 Å². The summed E-state index contributed by atoms with van der Waals surface area (Å²) in [5.41, 5.74) is 5.68. The van der Waals surface area contributed by atoms with E-state index in [0.29, 0.717) is 5.84 Å². The maximum Gasteiger partial charge on any atom is 0.143 e. The van der Waals surface area contributed by atoms with E-state index in [9.17, 15) is 0 Å². The molecule has 1 aliphatic rings. The number of nitrogens with zero attached hydrogens (tertiary/aromatic N) is 2. The smallest absolute Gasteiger partial charge is 0.143 e. The van der Waals surface area contributed by atoms with E-state index >= 15 is 0 Å². The molecule has 17 heavy (non-hydrogen) atoms. The molecule has 1 fully saturated rings. The van der Waals surface area contributed by atoms with E-state index in [4.69, 9.17) is 10.9 Å². The van der Waals surface area contributed by atoms with E-state index in [0.717, 1.165) is 32.5 Å². The molecular weight excluding hydrogens is 302 g/mol. The minimum absolute atomic E-state index is 0.187. The lowest BCUT2D eigenvalue weighted by molar-refractivity contribution is 0.194. The lowest BCUT2D eigenvalue weighted by Gasteiger charge is -2.31. The van der Waals surface area contributed by atoms with Gasteiger partial charge in [-0.05, 0) is 46.8 Å². The number of hydrogen-bond donors (Lipinski definition) is 2. The number of amidine groups is 1. The summed E-state index contributed by atoms with van der Waals surface area (Å²) in [6.45, 7) is 2.90.